The van der Waals surface area contributed by atoms with Crippen molar-refractivity contribution in [2.75, 3.05) is 0 Å². The van der Waals surface area contributed by atoms with Gasteiger partial charge in [0.25, 0.3) is 0 Å². The summed E-state index contributed by atoms with van der Waals surface area (Å²) in [5.74, 6) is 0. The highest BCUT2D eigenvalue weighted by atomic mass is 16.3. The van der Waals surface area contributed by atoms with E-state index in [-0.39, 0.29) is 0 Å². The summed E-state index contributed by atoms with van der Waals surface area (Å²) < 4.78 is 13.6. The smallest absolute Gasteiger partial charge is 0.144 e. The van der Waals surface area contributed by atoms with Gasteiger partial charge in [0.05, 0.1) is 22.9 Å². The Morgan fingerprint density at radius 1 is 0.339 bits per heavy atom. The van der Waals surface area contributed by atoms with Gasteiger partial charge in [0.1, 0.15) is 22.3 Å². The molecule has 3 heterocycles. The lowest BCUT2D eigenvalue weighted by Crippen LogP contribution is -1.92. The number of hydrogen-bond donors (Lipinski definition) is 0. The molecule has 0 N–H and O–H groups in total. The van der Waals surface area contributed by atoms with E-state index in [2.05, 4.69) is 164 Å². The van der Waals surface area contributed by atoms with Gasteiger partial charge in [-0.05, 0) is 75.0 Å². The predicted octanol–water partition coefficient (Wildman–Crippen LogP) is 14.4. The second-order valence-corrected chi connectivity index (χ2v) is 14.5. The first-order valence-electron chi connectivity index (χ1n) is 18.9. The van der Waals surface area contributed by atoms with Gasteiger partial charge >= 0.3 is 0 Å². The van der Waals surface area contributed by atoms with E-state index in [0.717, 1.165) is 110 Å². The Morgan fingerprint density at radius 3 is 1.61 bits per heavy atom. The van der Waals surface area contributed by atoms with E-state index in [1.54, 1.807) is 0 Å². The van der Waals surface area contributed by atoms with E-state index < -0.39 is 0 Å². The van der Waals surface area contributed by atoms with Crippen LogP contribution in [0.4, 0.5) is 0 Å². The maximum atomic E-state index is 6.89. The van der Waals surface area contributed by atoms with Crippen LogP contribution in [0.2, 0.25) is 0 Å². The molecule has 0 atom stereocenters. The van der Waals surface area contributed by atoms with E-state index in [1.807, 2.05) is 18.3 Å². The van der Waals surface area contributed by atoms with Crippen molar-refractivity contribution in [1.82, 2.24) is 9.97 Å². The molecule has 4 heteroatoms. The fourth-order valence-corrected chi connectivity index (χ4v) is 8.66. The molecule has 4 nitrogen and oxygen atoms in total. The molecule has 260 valence electrons. The molecule has 12 aromatic rings. The summed E-state index contributed by atoms with van der Waals surface area (Å²) in [6.07, 6.45) is 1.91. The van der Waals surface area contributed by atoms with E-state index >= 15 is 0 Å². The van der Waals surface area contributed by atoms with E-state index in [1.165, 1.54) is 10.8 Å². The molecular formula is C52H30N2O2. The van der Waals surface area contributed by atoms with Crippen molar-refractivity contribution in [1.29, 1.82) is 0 Å². The van der Waals surface area contributed by atoms with Gasteiger partial charge in [0.15, 0.2) is 0 Å². The van der Waals surface area contributed by atoms with Crippen molar-refractivity contribution in [3.8, 4) is 44.6 Å². The van der Waals surface area contributed by atoms with Crippen molar-refractivity contribution in [2.45, 2.75) is 0 Å². The summed E-state index contributed by atoms with van der Waals surface area (Å²) in [5.41, 5.74) is 13.5. The van der Waals surface area contributed by atoms with Crippen LogP contribution in [0, 0.1) is 0 Å². The maximum Gasteiger partial charge on any atom is 0.144 e. The van der Waals surface area contributed by atoms with Gasteiger partial charge in [-0.1, -0.05) is 140 Å². The average Bonchev–Trinajstić information content (AvgIpc) is 3.83. The largest absolute Gasteiger partial charge is 0.456 e. The number of fused-ring (bicyclic) bond motifs is 12. The van der Waals surface area contributed by atoms with Crippen molar-refractivity contribution >= 4 is 76.5 Å². The molecule has 0 aliphatic heterocycles. The standard InChI is InChI=1S/C52H30N2O2/c1-3-12-31(13-4-1)33-22-24-45-41(27-33)42-29-47-49(43-28-34(23-25-46(43)55-47)32-14-5-2-6-15-32)48(52(42)56-45)36-17-11-16-35(26-36)44-30-53-50-39-20-9-7-18-37(39)38-19-8-10-21-40(38)51(50)54-44/h1-30H. The molecule has 0 radical (unpaired) electrons. The van der Waals surface area contributed by atoms with Crippen molar-refractivity contribution in [3.63, 3.8) is 0 Å². The number of aromatic nitrogens is 2. The highest BCUT2D eigenvalue weighted by Crippen LogP contribution is 2.47. The Labute approximate surface area is 320 Å². The predicted molar refractivity (Wildman–Crippen MR) is 231 cm³/mol. The quantitative estimate of drug-likeness (QED) is 0.170. The van der Waals surface area contributed by atoms with Crippen LogP contribution in [-0.4, -0.2) is 9.97 Å². The minimum absolute atomic E-state index is 0.809. The first-order valence-corrected chi connectivity index (χ1v) is 18.9. The van der Waals surface area contributed by atoms with Crippen LogP contribution in [0.5, 0.6) is 0 Å². The second kappa shape index (κ2) is 12.0. The molecule has 0 saturated heterocycles. The lowest BCUT2D eigenvalue weighted by atomic mass is 9.93. The highest BCUT2D eigenvalue weighted by Gasteiger charge is 2.23. The Hall–Kier alpha value is -7.56. The zero-order valence-corrected chi connectivity index (χ0v) is 30.0. The molecule has 3 aromatic heterocycles. The number of benzene rings is 9. The SMILES string of the molecule is c1ccc(-c2ccc3oc4c(-c5cccc(-c6cnc7c8ccccc8c8ccccc8c7n6)c5)c5c(cc4c3c2)oc2ccc(-c3ccccc3)cc25)cc1. The van der Waals surface area contributed by atoms with Crippen LogP contribution in [0.3, 0.4) is 0 Å². The summed E-state index contributed by atoms with van der Waals surface area (Å²) in [4.78, 5) is 10.4. The lowest BCUT2D eigenvalue weighted by Gasteiger charge is -2.11. The third kappa shape index (κ3) is 4.66. The second-order valence-electron chi connectivity index (χ2n) is 14.5. The van der Waals surface area contributed by atoms with Gasteiger partial charge in [-0.25, -0.2) is 4.98 Å². The fraction of sp³-hybridized carbons (Fsp3) is 0. The first kappa shape index (κ1) is 30.9. The number of hydrogen-bond acceptors (Lipinski definition) is 4. The van der Waals surface area contributed by atoms with Gasteiger partial charge in [-0.2, -0.15) is 0 Å². The molecular weight excluding hydrogens is 685 g/mol. The molecule has 0 aliphatic rings. The summed E-state index contributed by atoms with van der Waals surface area (Å²) in [6, 6.07) is 61.6. The third-order valence-electron chi connectivity index (χ3n) is 11.3. The molecule has 12 rings (SSSR count). The monoisotopic (exact) mass is 714 g/mol. The van der Waals surface area contributed by atoms with Gasteiger partial charge < -0.3 is 8.83 Å². The summed E-state index contributed by atoms with van der Waals surface area (Å²) in [6.45, 7) is 0. The van der Waals surface area contributed by atoms with Crippen LogP contribution < -0.4 is 0 Å². The molecule has 0 unspecified atom stereocenters. The molecule has 56 heavy (non-hydrogen) atoms. The molecule has 0 bridgehead atoms. The normalized spacial score (nSPS) is 11.9. The molecule has 0 aliphatic carbocycles. The summed E-state index contributed by atoms with van der Waals surface area (Å²) >= 11 is 0. The molecule has 0 saturated carbocycles. The van der Waals surface area contributed by atoms with Crippen LogP contribution in [0.25, 0.3) is 121 Å². The van der Waals surface area contributed by atoms with Gasteiger partial charge in [0.2, 0.25) is 0 Å². The first-order chi connectivity index (χ1) is 27.7. The molecule has 0 amide bonds. The number of nitrogens with zero attached hydrogens (tertiary/aromatic N) is 2. The Kier molecular flexibility index (Phi) is 6.60. The lowest BCUT2D eigenvalue weighted by molar-refractivity contribution is 0.664. The van der Waals surface area contributed by atoms with Gasteiger partial charge in [0, 0.05) is 43.4 Å². The van der Waals surface area contributed by atoms with Crippen LogP contribution in [-0.2, 0) is 0 Å². The van der Waals surface area contributed by atoms with Gasteiger partial charge in [-0.3, -0.25) is 4.98 Å². The Bertz CT molecular complexity index is 3490. The fourth-order valence-electron chi connectivity index (χ4n) is 8.66. The Balaban J connectivity index is 1.12. The Morgan fingerprint density at radius 2 is 0.911 bits per heavy atom. The number of rotatable bonds is 4. The zero-order chi connectivity index (χ0) is 36.7. The summed E-state index contributed by atoms with van der Waals surface area (Å²) in [5, 5.41) is 8.67. The third-order valence-corrected chi connectivity index (χ3v) is 11.3. The van der Waals surface area contributed by atoms with E-state index in [9.17, 15) is 0 Å². The molecule has 9 aromatic carbocycles. The van der Waals surface area contributed by atoms with Crippen molar-refractivity contribution in [3.05, 3.63) is 182 Å². The molecule has 0 fully saturated rings. The minimum Gasteiger partial charge on any atom is -0.456 e. The zero-order valence-electron chi connectivity index (χ0n) is 30.0. The average molecular weight is 715 g/mol. The number of furan rings is 2. The van der Waals surface area contributed by atoms with Crippen molar-refractivity contribution in [2.24, 2.45) is 0 Å². The topological polar surface area (TPSA) is 52.1 Å². The maximum absolute atomic E-state index is 6.89. The van der Waals surface area contributed by atoms with Gasteiger partial charge in [-0.15, -0.1) is 0 Å². The van der Waals surface area contributed by atoms with Crippen LogP contribution in [0.1, 0.15) is 0 Å². The van der Waals surface area contributed by atoms with E-state index in [0.29, 0.717) is 0 Å². The van der Waals surface area contributed by atoms with E-state index in [4.69, 9.17) is 18.8 Å². The van der Waals surface area contributed by atoms with Crippen LogP contribution >= 0.6 is 0 Å². The van der Waals surface area contributed by atoms with Crippen molar-refractivity contribution < 1.29 is 8.83 Å². The molecule has 0 spiro atoms. The highest BCUT2D eigenvalue weighted by molar-refractivity contribution is 6.25. The minimum atomic E-state index is 0.809. The summed E-state index contributed by atoms with van der Waals surface area (Å²) in [7, 11) is 0. The van der Waals surface area contributed by atoms with Crippen LogP contribution in [0.15, 0.2) is 191 Å².